The molecule has 0 aliphatic carbocycles. The molecular weight excluding hydrogens is 412 g/mol. The summed E-state index contributed by atoms with van der Waals surface area (Å²) in [5.41, 5.74) is 2.96. The largest absolute Gasteiger partial charge is 0.507 e. The highest BCUT2D eigenvalue weighted by molar-refractivity contribution is 6.30. The normalized spacial score (nSPS) is 11.1. The molecule has 1 amide bonds. The van der Waals surface area contributed by atoms with Crippen LogP contribution in [0, 0.1) is 5.41 Å². The lowest BCUT2D eigenvalue weighted by Crippen LogP contribution is -2.19. The fraction of sp³-hybridized carbons (Fsp3) is 0.120. The molecule has 0 atom stereocenters. The number of hydrogen-bond acceptors (Lipinski definition) is 4. The zero-order chi connectivity index (χ0) is 22.2. The molecule has 3 aromatic carbocycles. The van der Waals surface area contributed by atoms with Gasteiger partial charge >= 0.3 is 0 Å². The van der Waals surface area contributed by atoms with Crippen LogP contribution in [0.1, 0.15) is 23.1 Å². The van der Waals surface area contributed by atoms with Gasteiger partial charge in [-0.15, -0.1) is 0 Å². The number of carbonyl (C=O) groups excluding carboxylic acids is 1. The van der Waals surface area contributed by atoms with Gasteiger partial charge in [-0.05, 0) is 53.6 Å². The van der Waals surface area contributed by atoms with E-state index in [2.05, 4.69) is 5.32 Å². The third-order valence-electron chi connectivity index (χ3n) is 4.67. The van der Waals surface area contributed by atoms with Gasteiger partial charge in [0, 0.05) is 35.3 Å². The van der Waals surface area contributed by atoms with Gasteiger partial charge in [-0.1, -0.05) is 48.0 Å². The summed E-state index contributed by atoms with van der Waals surface area (Å²) < 4.78 is 5.73. The van der Waals surface area contributed by atoms with Crippen LogP contribution in [0.25, 0.3) is 11.6 Å². The van der Waals surface area contributed by atoms with Crippen LogP contribution in [0.2, 0.25) is 5.02 Å². The van der Waals surface area contributed by atoms with Gasteiger partial charge < -0.3 is 20.6 Å². The van der Waals surface area contributed by atoms with Crippen molar-refractivity contribution in [3.05, 3.63) is 94.5 Å². The topological polar surface area (TPSA) is 82.4 Å². The molecule has 5 nitrogen and oxygen atoms in total. The van der Waals surface area contributed by atoms with E-state index in [0.29, 0.717) is 40.6 Å². The number of hydrogen-bond donors (Lipinski definition) is 3. The van der Waals surface area contributed by atoms with Gasteiger partial charge in [0.1, 0.15) is 11.5 Å². The first kappa shape index (κ1) is 22.1. The summed E-state index contributed by atoms with van der Waals surface area (Å²) in [6, 6.07) is 21.2. The highest BCUT2D eigenvalue weighted by Gasteiger charge is 2.11. The van der Waals surface area contributed by atoms with E-state index in [0.717, 1.165) is 11.1 Å². The molecule has 0 bridgehead atoms. The predicted molar refractivity (Wildman–Crippen MR) is 125 cm³/mol. The van der Waals surface area contributed by atoms with Crippen LogP contribution < -0.4 is 10.1 Å². The van der Waals surface area contributed by atoms with E-state index in [1.54, 1.807) is 61.7 Å². The smallest absolute Gasteiger partial charge is 0.251 e. The highest BCUT2D eigenvalue weighted by Crippen LogP contribution is 2.23. The Kier molecular flexibility index (Phi) is 7.46. The van der Waals surface area contributed by atoms with Crippen LogP contribution in [0.15, 0.2) is 72.8 Å². The van der Waals surface area contributed by atoms with Crippen LogP contribution in [0.3, 0.4) is 0 Å². The number of halogens is 1. The van der Waals surface area contributed by atoms with Crippen molar-refractivity contribution in [1.82, 2.24) is 5.32 Å². The third-order valence-corrected chi connectivity index (χ3v) is 4.92. The number of phenolic OH excluding ortho intramolecular Hbond substituents is 1. The number of nitrogens with one attached hydrogen (secondary N) is 2. The van der Waals surface area contributed by atoms with E-state index >= 15 is 0 Å². The minimum absolute atomic E-state index is 0.0889. The van der Waals surface area contributed by atoms with Crippen molar-refractivity contribution in [3.8, 4) is 11.5 Å². The molecule has 3 rings (SSSR count). The molecular formula is C25H23ClN2O3. The Labute approximate surface area is 186 Å². The van der Waals surface area contributed by atoms with Crippen molar-refractivity contribution in [3.63, 3.8) is 0 Å². The number of carbonyl (C=O) groups is 1. The summed E-state index contributed by atoms with van der Waals surface area (Å²) in [6.07, 6.45) is 2.16. The summed E-state index contributed by atoms with van der Waals surface area (Å²) in [6.45, 7) is 0.301. The molecule has 3 N–H and O–H groups in total. The van der Waals surface area contributed by atoms with Crippen LogP contribution in [-0.2, 0) is 4.79 Å². The molecule has 0 spiro atoms. The van der Waals surface area contributed by atoms with Gasteiger partial charge in [-0.25, -0.2) is 0 Å². The molecule has 0 radical (unpaired) electrons. The molecule has 0 fully saturated rings. The zero-order valence-electron chi connectivity index (χ0n) is 17.1. The van der Waals surface area contributed by atoms with Gasteiger partial charge in [0.25, 0.3) is 5.91 Å². The molecule has 0 aliphatic heterocycles. The maximum Gasteiger partial charge on any atom is 0.251 e. The Balaban J connectivity index is 1.67. The first-order chi connectivity index (χ1) is 15.0. The molecule has 6 heteroatoms. The molecule has 31 heavy (non-hydrogen) atoms. The average molecular weight is 435 g/mol. The number of ether oxygens (including phenoxy) is 1. The second kappa shape index (κ2) is 10.5. The van der Waals surface area contributed by atoms with E-state index in [1.807, 2.05) is 24.3 Å². The Bertz CT molecular complexity index is 1090. The van der Waals surface area contributed by atoms with Crippen LogP contribution in [-0.4, -0.2) is 30.4 Å². The number of benzene rings is 3. The number of amides is 1. The van der Waals surface area contributed by atoms with Crippen molar-refractivity contribution < 1.29 is 14.6 Å². The zero-order valence-corrected chi connectivity index (χ0v) is 17.8. The lowest BCUT2D eigenvalue weighted by Gasteiger charge is -2.11. The number of para-hydroxylation sites is 1. The first-order valence-electron chi connectivity index (χ1n) is 9.76. The molecule has 0 saturated heterocycles. The van der Waals surface area contributed by atoms with Gasteiger partial charge in [-0.2, -0.15) is 0 Å². The molecule has 158 valence electrons. The fourth-order valence-electron chi connectivity index (χ4n) is 3.01. The molecule has 0 saturated carbocycles. The molecule has 0 unspecified atom stereocenters. The Morgan fingerprint density at radius 1 is 1.06 bits per heavy atom. The molecule has 0 aromatic heterocycles. The predicted octanol–water partition coefficient (Wildman–Crippen LogP) is 5.17. The number of likely N-dealkylation sites (N-methyl/N-ethyl adjacent to an activating group) is 1. The van der Waals surface area contributed by atoms with E-state index in [1.165, 1.54) is 0 Å². The van der Waals surface area contributed by atoms with Crippen molar-refractivity contribution >= 4 is 34.9 Å². The van der Waals surface area contributed by atoms with Crippen LogP contribution >= 0.6 is 11.6 Å². The van der Waals surface area contributed by atoms with Gasteiger partial charge in [-0.3, -0.25) is 4.79 Å². The monoisotopic (exact) mass is 434 g/mol. The van der Waals surface area contributed by atoms with Gasteiger partial charge in [0.2, 0.25) is 0 Å². The number of phenols is 1. The quantitative estimate of drug-likeness (QED) is 0.260. The average Bonchev–Trinajstić information content (AvgIpc) is 2.79. The summed E-state index contributed by atoms with van der Waals surface area (Å²) in [5.74, 6) is 0.530. The maximum atomic E-state index is 12.4. The maximum absolute atomic E-state index is 12.4. The molecule has 0 aliphatic rings. The summed E-state index contributed by atoms with van der Waals surface area (Å²) in [4.78, 5) is 12.4. The Hall–Kier alpha value is -3.57. The molecule has 3 aromatic rings. The third kappa shape index (κ3) is 5.96. The lowest BCUT2D eigenvalue weighted by molar-refractivity contribution is -0.115. The highest BCUT2D eigenvalue weighted by atomic mass is 35.5. The van der Waals surface area contributed by atoms with Crippen molar-refractivity contribution in [2.45, 2.75) is 6.42 Å². The van der Waals surface area contributed by atoms with Crippen molar-refractivity contribution in [2.24, 2.45) is 0 Å². The van der Waals surface area contributed by atoms with E-state index in [4.69, 9.17) is 21.7 Å². The van der Waals surface area contributed by atoms with Crippen LogP contribution in [0.5, 0.6) is 11.5 Å². The minimum atomic E-state index is -0.195. The second-order valence-corrected chi connectivity index (χ2v) is 7.24. The SMILES string of the molecule is CNC(=O)/C(=C/c1ccc(Cl)cc1)c1ccc(OCCC(=N)c2ccccc2O)cc1. The van der Waals surface area contributed by atoms with Gasteiger partial charge in [0.15, 0.2) is 0 Å². The Morgan fingerprint density at radius 3 is 2.39 bits per heavy atom. The van der Waals surface area contributed by atoms with E-state index in [9.17, 15) is 9.90 Å². The van der Waals surface area contributed by atoms with Crippen molar-refractivity contribution in [1.29, 1.82) is 5.41 Å². The standard InChI is InChI=1S/C25H23ClN2O3/c1-28-25(30)22(16-17-6-10-19(26)11-7-17)18-8-12-20(13-9-18)31-15-14-23(27)21-4-2-3-5-24(21)29/h2-13,16,27,29H,14-15H2,1H3,(H,28,30)/b22-16+,27-23?. The van der Waals surface area contributed by atoms with E-state index in [-0.39, 0.29) is 11.7 Å². The van der Waals surface area contributed by atoms with Crippen molar-refractivity contribution in [2.75, 3.05) is 13.7 Å². The first-order valence-corrected chi connectivity index (χ1v) is 10.1. The summed E-state index contributed by atoms with van der Waals surface area (Å²) >= 11 is 5.94. The van der Waals surface area contributed by atoms with Crippen LogP contribution in [0.4, 0.5) is 0 Å². The lowest BCUT2D eigenvalue weighted by atomic mass is 10.0. The second-order valence-electron chi connectivity index (χ2n) is 6.81. The number of rotatable bonds is 8. The summed E-state index contributed by atoms with van der Waals surface area (Å²) in [7, 11) is 1.59. The van der Waals surface area contributed by atoms with E-state index < -0.39 is 0 Å². The summed E-state index contributed by atoms with van der Waals surface area (Å²) in [5, 5.41) is 21.3. The molecule has 0 heterocycles. The van der Waals surface area contributed by atoms with Gasteiger partial charge in [0.05, 0.1) is 6.61 Å². The number of aromatic hydroxyl groups is 1. The Morgan fingerprint density at radius 2 is 1.74 bits per heavy atom. The fourth-order valence-corrected chi connectivity index (χ4v) is 3.13. The minimum Gasteiger partial charge on any atom is -0.507 e.